The Morgan fingerprint density at radius 2 is 1.66 bits per heavy atom. The van der Waals surface area contributed by atoms with Gasteiger partial charge in [-0.3, -0.25) is 9.59 Å². The first-order chi connectivity index (χ1) is 13.8. The quantitative estimate of drug-likeness (QED) is 0.517. The van der Waals surface area contributed by atoms with Crippen molar-refractivity contribution in [3.8, 4) is 5.75 Å². The van der Waals surface area contributed by atoms with Crippen LogP contribution >= 0.6 is 15.9 Å². The van der Waals surface area contributed by atoms with Crippen LogP contribution in [0.4, 0.5) is 5.69 Å². The fourth-order valence-electron chi connectivity index (χ4n) is 2.97. The number of nitrogens with zero attached hydrogens (tertiary/aromatic N) is 1. The van der Waals surface area contributed by atoms with Crippen molar-refractivity contribution in [2.75, 3.05) is 18.4 Å². The van der Waals surface area contributed by atoms with E-state index in [1.165, 1.54) is 0 Å². The molecule has 0 atom stereocenters. The molecular weight excluding hydrogens is 432 g/mol. The number of anilines is 1. The van der Waals surface area contributed by atoms with Crippen LogP contribution in [-0.4, -0.2) is 35.9 Å². The van der Waals surface area contributed by atoms with Gasteiger partial charge in [-0.25, -0.2) is 0 Å². The van der Waals surface area contributed by atoms with Crippen molar-refractivity contribution in [3.05, 3.63) is 58.1 Å². The zero-order valence-corrected chi connectivity index (χ0v) is 19.1. The molecule has 0 spiro atoms. The Hall–Kier alpha value is -2.34. The van der Waals surface area contributed by atoms with Gasteiger partial charge < -0.3 is 15.0 Å². The first-order valence-electron chi connectivity index (χ1n) is 10.0. The molecular formula is C23H29BrN2O3. The number of carbonyl (C=O) groups excluding carboxylic acids is 2. The molecule has 0 saturated carbocycles. The van der Waals surface area contributed by atoms with Crippen LogP contribution < -0.4 is 10.1 Å². The normalized spacial score (nSPS) is 10.7. The SMILES string of the molecule is CCCN(CCC)C(=O)c1ccc(NC(=O)c2cc(Br)ccc2OC(C)C)cc1. The van der Waals surface area contributed by atoms with Gasteiger partial charge in [-0.05, 0) is 69.2 Å². The van der Waals surface area contributed by atoms with Crippen molar-refractivity contribution in [2.24, 2.45) is 0 Å². The van der Waals surface area contributed by atoms with Crippen LogP contribution in [0.25, 0.3) is 0 Å². The summed E-state index contributed by atoms with van der Waals surface area (Å²) in [7, 11) is 0. The monoisotopic (exact) mass is 460 g/mol. The number of rotatable bonds is 9. The molecule has 156 valence electrons. The maximum absolute atomic E-state index is 12.8. The fraction of sp³-hybridized carbons (Fsp3) is 0.391. The molecule has 1 N–H and O–H groups in total. The summed E-state index contributed by atoms with van der Waals surface area (Å²) in [5, 5.41) is 2.88. The minimum atomic E-state index is -0.264. The summed E-state index contributed by atoms with van der Waals surface area (Å²) >= 11 is 3.40. The van der Waals surface area contributed by atoms with E-state index in [1.54, 1.807) is 36.4 Å². The van der Waals surface area contributed by atoms with Crippen LogP contribution in [0.3, 0.4) is 0 Å². The van der Waals surface area contributed by atoms with Gasteiger partial charge >= 0.3 is 0 Å². The van der Waals surface area contributed by atoms with Crippen LogP contribution in [0.15, 0.2) is 46.9 Å². The Bertz CT molecular complexity index is 829. The molecule has 0 saturated heterocycles. The largest absolute Gasteiger partial charge is 0.490 e. The number of halogens is 1. The first kappa shape index (κ1) is 22.9. The van der Waals surface area contributed by atoms with Crippen LogP contribution in [0.2, 0.25) is 0 Å². The number of carbonyl (C=O) groups is 2. The zero-order chi connectivity index (χ0) is 21.4. The molecule has 29 heavy (non-hydrogen) atoms. The predicted octanol–water partition coefficient (Wildman–Crippen LogP) is 5.75. The number of amides is 2. The Morgan fingerprint density at radius 1 is 1.03 bits per heavy atom. The second kappa shape index (κ2) is 11.0. The molecule has 0 bridgehead atoms. The maximum atomic E-state index is 12.8. The molecule has 0 aromatic heterocycles. The van der Waals surface area contributed by atoms with Gasteiger partial charge in [0.1, 0.15) is 5.75 Å². The van der Waals surface area contributed by atoms with Crippen molar-refractivity contribution >= 4 is 33.4 Å². The predicted molar refractivity (Wildman–Crippen MR) is 121 cm³/mol. The maximum Gasteiger partial charge on any atom is 0.259 e. The van der Waals surface area contributed by atoms with Gasteiger partial charge in [-0.15, -0.1) is 0 Å². The second-order valence-corrected chi connectivity index (χ2v) is 8.05. The highest BCUT2D eigenvalue weighted by molar-refractivity contribution is 9.10. The summed E-state index contributed by atoms with van der Waals surface area (Å²) < 4.78 is 6.55. The molecule has 2 rings (SSSR count). The zero-order valence-electron chi connectivity index (χ0n) is 17.5. The second-order valence-electron chi connectivity index (χ2n) is 7.13. The summed E-state index contributed by atoms with van der Waals surface area (Å²) in [5.41, 5.74) is 1.70. The molecule has 2 aromatic rings. The van der Waals surface area contributed by atoms with Gasteiger partial charge in [0.15, 0.2) is 0 Å². The minimum absolute atomic E-state index is 0.0196. The summed E-state index contributed by atoms with van der Waals surface area (Å²) in [5.74, 6) is 0.285. The van der Waals surface area contributed by atoms with E-state index in [4.69, 9.17) is 4.74 Å². The molecule has 0 aliphatic heterocycles. The van der Waals surface area contributed by atoms with E-state index in [0.29, 0.717) is 22.6 Å². The van der Waals surface area contributed by atoms with E-state index >= 15 is 0 Å². The number of benzene rings is 2. The molecule has 0 aliphatic carbocycles. The standard InChI is InChI=1S/C23H29BrN2O3/c1-5-13-26(14-6-2)23(28)17-7-10-19(11-8-17)25-22(27)20-15-18(24)9-12-21(20)29-16(3)4/h7-12,15-16H,5-6,13-14H2,1-4H3,(H,25,27). The summed E-state index contributed by atoms with van der Waals surface area (Å²) in [6, 6.07) is 12.4. The third-order valence-corrected chi connectivity index (χ3v) is 4.71. The van der Waals surface area contributed by atoms with E-state index in [9.17, 15) is 9.59 Å². The third-order valence-electron chi connectivity index (χ3n) is 4.21. The van der Waals surface area contributed by atoms with Crippen molar-refractivity contribution in [3.63, 3.8) is 0 Å². The van der Waals surface area contributed by atoms with Gasteiger partial charge in [0.05, 0.1) is 11.7 Å². The first-order valence-corrected chi connectivity index (χ1v) is 10.8. The molecule has 0 fully saturated rings. The van der Waals surface area contributed by atoms with Gasteiger partial charge in [0.25, 0.3) is 11.8 Å². The average Bonchev–Trinajstić information content (AvgIpc) is 2.69. The average molecular weight is 461 g/mol. The number of ether oxygens (including phenoxy) is 1. The molecule has 0 aliphatic rings. The molecule has 0 radical (unpaired) electrons. The number of hydrogen-bond acceptors (Lipinski definition) is 3. The molecule has 2 aromatic carbocycles. The van der Waals surface area contributed by atoms with Gasteiger partial charge in [-0.1, -0.05) is 29.8 Å². The number of nitrogens with one attached hydrogen (secondary N) is 1. The molecule has 0 unspecified atom stereocenters. The van der Waals surface area contributed by atoms with Gasteiger partial charge in [0, 0.05) is 28.8 Å². The highest BCUT2D eigenvalue weighted by atomic mass is 79.9. The lowest BCUT2D eigenvalue weighted by Gasteiger charge is -2.21. The smallest absolute Gasteiger partial charge is 0.259 e. The fourth-order valence-corrected chi connectivity index (χ4v) is 3.33. The third kappa shape index (κ3) is 6.60. The van der Waals surface area contributed by atoms with E-state index in [2.05, 4.69) is 35.1 Å². The molecule has 2 amide bonds. The summed E-state index contributed by atoms with van der Waals surface area (Å²) in [6.07, 6.45) is 1.81. The summed E-state index contributed by atoms with van der Waals surface area (Å²) in [4.78, 5) is 27.3. The van der Waals surface area contributed by atoms with Crippen molar-refractivity contribution in [1.82, 2.24) is 4.90 Å². The Kier molecular flexibility index (Phi) is 8.70. The lowest BCUT2D eigenvalue weighted by molar-refractivity contribution is 0.0755. The molecule has 6 heteroatoms. The van der Waals surface area contributed by atoms with E-state index < -0.39 is 0 Å². The van der Waals surface area contributed by atoms with Crippen LogP contribution in [-0.2, 0) is 0 Å². The topological polar surface area (TPSA) is 58.6 Å². The van der Waals surface area contributed by atoms with Crippen LogP contribution in [0.5, 0.6) is 5.75 Å². The van der Waals surface area contributed by atoms with Gasteiger partial charge in [-0.2, -0.15) is 0 Å². The number of hydrogen-bond donors (Lipinski definition) is 1. The highest BCUT2D eigenvalue weighted by Crippen LogP contribution is 2.25. The minimum Gasteiger partial charge on any atom is -0.490 e. The van der Waals surface area contributed by atoms with E-state index in [-0.39, 0.29) is 17.9 Å². The Labute approximate surface area is 181 Å². The van der Waals surface area contributed by atoms with Crippen LogP contribution in [0.1, 0.15) is 61.3 Å². The van der Waals surface area contributed by atoms with Crippen molar-refractivity contribution < 1.29 is 14.3 Å². The van der Waals surface area contributed by atoms with Gasteiger partial charge in [0.2, 0.25) is 0 Å². The van der Waals surface area contributed by atoms with E-state index in [0.717, 1.165) is 30.4 Å². The Morgan fingerprint density at radius 3 is 2.21 bits per heavy atom. The Balaban J connectivity index is 2.14. The van der Waals surface area contributed by atoms with Crippen molar-refractivity contribution in [2.45, 2.75) is 46.6 Å². The molecule has 5 nitrogen and oxygen atoms in total. The lowest BCUT2D eigenvalue weighted by atomic mass is 10.1. The molecule has 0 heterocycles. The summed E-state index contributed by atoms with van der Waals surface area (Å²) in [6.45, 7) is 9.44. The highest BCUT2D eigenvalue weighted by Gasteiger charge is 2.16. The van der Waals surface area contributed by atoms with E-state index in [1.807, 2.05) is 24.8 Å². The van der Waals surface area contributed by atoms with Crippen molar-refractivity contribution in [1.29, 1.82) is 0 Å². The van der Waals surface area contributed by atoms with Crippen LogP contribution in [0, 0.1) is 0 Å². The lowest BCUT2D eigenvalue weighted by Crippen LogP contribution is -2.32.